The van der Waals surface area contributed by atoms with Crippen LogP contribution in [0.2, 0.25) is 0 Å². The van der Waals surface area contributed by atoms with E-state index in [0.29, 0.717) is 5.52 Å². The van der Waals surface area contributed by atoms with E-state index in [-0.39, 0.29) is 35.0 Å². The summed E-state index contributed by atoms with van der Waals surface area (Å²) in [5.74, 6) is -2.90. The zero-order chi connectivity index (χ0) is 23.6. The molecule has 9 heteroatoms. The molecule has 0 spiro atoms. The van der Waals surface area contributed by atoms with E-state index in [1.165, 1.54) is 36.1 Å². The molecule has 1 aromatic heterocycles. The lowest BCUT2D eigenvalue weighted by atomic mass is 10.0. The van der Waals surface area contributed by atoms with Gasteiger partial charge in [0.15, 0.2) is 11.5 Å². The highest BCUT2D eigenvalue weighted by atomic mass is 19.1. The first-order valence-electron chi connectivity index (χ1n) is 9.86. The fourth-order valence-corrected chi connectivity index (χ4v) is 3.50. The third kappa shape index (κ3) is 4.29. The number of aromatic nitrogens is 1. The highest BCUT2D eigenvalue weighted by Gasteiger charge is 2.23. The minimum absolute atomic E-state index is 0.00815. The van der Waals surface area contributed by atoms with Gasteiger partial charge in [0.1, 0.15) is 23.8 Å². The number of hydrogen-bond donors (Lipinski definition) is 2. The molecule has 170 valence electrons. The number of aliphatic hydroxyl groups excluding tert-OH is 1. The molecule has 32 heavy (non-hydrogen) atoms. The summed E-state index contributed by atoms with van der Waals surface area (Å²) in [6, 6.07) is 5.66. The number of carboxylic acid groups (broad SMARTS) is 1. The maximum atomic E-state index is 14.0. The van der Waals surface area contributed by atoms with Gasteiger partial charge in [0, 0.05) is 12.3 Å². The van der Waals surface area contributed by atoms with Crippen LogP contribution in [0.1, 0.15) is 35.8 Å². The molecule has 0 fully saturated rings. The first-order chi connectivity index (χ1) is 15.2. The Labute approximate surface area is 182 Å². The van der Waals surface area contributed by atoms with Gasteiger partial charge >= 0.3 is 5.97 Å². The Morgan fingerprint density at radius 2 is 1.81 bits per heavy atom. The zero-order valence-electron chi connectivity index (χ0n) is 17.8. The Balaban J connectivity index is 2.21. The number of methoxy groups -OCH3 is 1. The number of fused-ring (bicyclic) bond motifs is 1. The summed E-state index contributed by atoms with van der Waals surface area (Å²) in [5, 5.41) is 19.4. The number of hydrogen-bond acceptors (Lipinski definition) is 5. The standard InChI is InChI=1S/C23H23F2NO6/c1-12(2)19(10-27)26-9-14(23(29)30)22(28)13-7-21(20(31-3)8-18(13)26)32-11-15-16(24)5-4-6-17(15)25/h4-9,12,19,27H,10-11H2,1-3H3,(H,29,30)/t19-/m1/s1. The number of ether oxygens (including phenoxy) is 2. The fourth-order valence-electron chi connectivity index (χ4n) is 3.50. The summed E-state index contributed by atoms with van der Waals surface area (Å²) in [6.45, 7) is 2.94. The molecular formula is C23H23F2NO6. The van der Waals surface area contributed by atoms with Gasteiger partial charge in [0.2, 0.25) is 5.43 Å². The van der Waals surface area contributed by atoms with Gasteiger partial charge in [0.25, 0.3) is 0 Å². The SMILES string of the molecule is COc1cc2c(cc1OCc1c(F)cccc1F)c(=O)c(C(=O)O)cn2[C@H](CO)C(C)C. The summed E-state index contributed by atoms with van der Waals surface area (Å²) in [6.07, 6.45) is 1.20. The molecule has 0 unspecified atom stereocenters. The monoisotopic (exact) mass is 447 g/mol. The van der Waals surface area contributed by atoms with Crippen molar-refractivity contribution in [1.29, 1.82) is 0 Å². The molecule has 0 saturated carbocycles. The van der Waals surface area contributed by atoms with Crippen LogP contribution in [0.25, 0.3) is 10.9 Å². The normalized spacial score (nSPS) is 12.2. The van der Waals surface area contributed by atoms with E-state index in [4.69, 9.17) is 9.47 Å². The number of aromatic carboxylic acids is 1. The van der Waals surface area contributed by atoms with Gasteiger partial charge in [-0.3, -0.25) is 4.79 Å². The van der Waals surface area contributed by atoms with Gasteiger partial charge in [-0.05, 0) is 24.1 Å². The highest BCUT2D eigenvalue weighted by molar-refractivity contribution is 5.93. The molecule has 0 saturated heterocycles. The second-order valence-corrected chi connectivity index (χ2v) is 7.59. The smallest absolute Gasteiger partial charge is 0.341 e. The second kappa shape index (κ2) is 9.35. The molecule has 0 aliphatic rings. The van der Waals surface area contributed by atoms with Crippen LogP contribution < -0.4 is 14.9 Å². The van der Waals surface area contributed by atoms with Crippen LogP contribution in [0.3, 0.4) is 0 Å². The van der Waals surface area contributed by atoms with Crippen LogP contribution in [0, 0.1) is 17.6 Å². The fraction of sp³-hybridized carbons (Fsp3) is 0.304. The van der Waals surface area contributed by atoms with Crippen molar-refractivity contribution in [3.63, 3.8) is 0 Å². The van der Waals surface area contributed by atoms with Crippen molar-refractivity contribution in [3.8, 4) is 11.5 Å². The number of pyridine rings is 1. The topological polar surface area (TPSA) is 98.0 Å². The quantitative estimate of drug-likeness (QED) is 0.546. The molecule has 0 aliphatic carbocycles. The summed E-state index contributed by atoms with van der Waals surface area (Å²) in [7, 11) is 1.36. The third-order valence-electron chi connectivity index (χ3n) is 5.30. The van der Waals surface area contributed by atoms with Gasteiger partial charge in [-0.25, -0.2) is 13.6 Å². The summed E-state index contributed by atoms with van der Waals surface area (Å²) >= 11 is 0. The van der Waals surface area contributed by atoms with E-state index in [0.717, 1.165) is 12.1 Å². The number of carbonyl (C=O) groups is 1. The molecular weight excluding hydrogens is 424 g/mol. The van der Waals surface area contributed by atoms with E-state index >= 15 is 0 Å². The molecule has 3 rings (SSSR count). The molecule has 0 radical (unpaired) electrons. The first kappa shape index (κ1) is 23.2. The average Bonchev–Trinajstić information content (AvgIpc) is 2.74. The van der Waals surface area contributed by atoms with Gasteiger partial charge in [-0.15, -0.1) is 0 Å². The molecule has 0 aliphatic heterocycles. The third-order valence-corrected chi connectivity index (χ3v) is 5.30. The van der Waals surface area contributed by atoms with Crippen molar-refractivity contribution in [2.24, 2.45) is 5.92 Å². The number of nitrogens with zero attached hydrogens (tertiary/aromatic N) is 1. The molecule has 2 N–H and O–H groups in total. The Kier molecular flexibility index (Phi) is 6.78. The van der Waals surface area contributed by atoms with Crippen LogP contribution in [-0.4, -0.2) is 34.5 Å². The van der Waals surface area contributed by atoms with Crippen LogP contribution in [0.5, 0.6) is 11.5 Å². The van der Waals surface area contributed by atoms with Crippen molar-refractivity contribution in [2.45, 2.75) is 26.5 Å². The van der Waals surface area contributed by atoms with Gasteiger partial charge in [-0.1, -0.05) is 19.9 Å². The van der Waals surface area contributed by atoms with E-state index < -0.39 is 41.2 Å². The highest BCUT2D eigenvalue weighted by Crippen LogP contribution is 2.34. The lowest BCUT2D eigenvalue weighted by Crippen LogP contribution is -2.25. The molecule has 7 nitrogen and oxygen atoms in total. The molecule has 0 amide bonds. The summed E-state index contributed by atoms with van der Waals surface area (Å²) in [5.41, 5.74) is -1.21. The maximum Gasteiger partial charge on any atom is 0.341 e. The predicted molar refractivity (Wildman–Crippen MR) is 113 cm³/mol. The molecule has 2 aromatic carbocycles. The summed E-state index contributed by atoms with van der Waals surface area (Å²) in [4.78, 5) is 24.5. The maximum absolute atomic E-state index is 14.0. The van der Waals surface area contributed by atoms with Crippen LogP contribution in [-0.2, 0) is 6.61 Å². The Hall–Kier alpha value is -3.46. The number of rotatable bonds is 8. The molecule has 1 atom stereocenters. The Morgan fingerprint density at radius 1 is 1.16 bits per heavy atom. The van der Waals surface area contributed by atoms with E-state index in [9.17, 15) is 28.6 Å². The van der Waals surface area contributed by atoms with Crippen molar-refractivity contribution >= 4 is 16.9 Å². The van der Waals surface area contributed by atoms with Crippen molar-refractivity contribution in [3.05, 3.63) is 69.5 Å². The number of halogens is 2. The molecule has 0 bridgehead atoms. The van der Waals surface area contributed by atoms with E-state index in [2.05, 4.69) is 0 Å². The minimum atomic E-state index is -1.42. The van der Waals surface area contributed by atoms with E-state index in [1.54, 1.807) is 0 Å². The van der Waals surface area contributed by atoms with Crippen LogP contribution in [0.15, 0.2) is 41.3 Å². The van der Waals surface area contributed by atoms with Crippen molar-refractivity contribution in [1.82, 2.24) is 4.57 Å². The Bertz CT molecular complexity index is 1200. The van der Waals surface area contributed by atoms with Gasteiger partial charge in [0.05, 0.1) is 36.2 Å². The molecule has 1 heterocycles. The van der Waals surface area contributed by atoms with Crippen molar-refractivity contribution < 1.29 is 33.3 Å². The lowest BCUT2D eigenvalue weighted by molar-refractivity contribution is 0.0694. The van der Waals surface area contributed by atoms with Crippen LogP contribution in [0.4, 0.5) is 8.78 Å². The second-order valence-electron chi connectivity index (χ2n) is 7.59. The largest absolute Gasteiger partial charge is 0.493 e. The van der Waals surface area contributed by atoms with E-state index in [1.807, 2.05) is 13.8 Å². The summed E-state index contributed by atoms with van der Waals surface area (Å²) < 4.78 is 40.3. The first-order valence-corrected chi connectivity index (χ1v) is 9.86. The average molecular weight is 447 g/mol. The van der Waals surface area contributed by atoms with Gasteiger partial charge in [-0.2, -0.15) is 0 Å². The minimum Gasteiger partial charge on any atom is -0.493 e. The number of benzene rings is 2. The lowest BCUT2D eigenvalue weighted by Gasteiger charge is -2.25. The predicted octanol–water partition coefficient (Wildman–Crippen LogP) is 3.75. The molecule has 3 aromatic rings. The van der Waals surface area contributed by atoms with Gasteiger partial charge < -0.3 is 24.3 Å². The van der Waals surface area contributed by atoms with Crippen LogP contribution >= 0.6 is 0 Å². The van der Waals surface area contributed by atoms with Crippen molar-refractivity contribution in [2.75, 3.05) is 13.7 Å². The zero-order valence-corrected chi connectivity index (χ0v) is 17.8. The number of carboxylic acids is 1. The number of aliphatic hydroxyl groups is 1. The Morgan fingerprint density at radius 3 is 2.34 bits per heavy atom.